The molecule has 5 rings (SSSR count). The highest BCUT2D eigenvalue weighted by Gasteiger charge is 2.27. The Morgan fingerprint density at radius 3 is 2.39 bits per heavy atom. The number of hydrogen-bond donors (Lipinski definition) is 0. The van der Waals surface area contributed by atoms with Crippen LogP contribution in [0.2, 0.25) is 0 Å². The maximum Gasteiger partial charge on any atom is 0.280 e. The Labute approximate surface area is 258 Å². The van der Waals surface area contributed by atoms with Crippen molar-refractivity contribution in [3.05, 3.63) is 100 Å². The van der Waals surface area contributed by atoms with Crippen molar-refractivity contribution < 1.29 is 22.0 Å². The third-order valence-corrected chi connectivity index (χ3v) is 9.45. The highest BCUT2D eigenvalue weighted by molar-refractivity contribution is 7.89. The van der Waals surface area contributed by atoms with E-state index in [4.69, 9.17) is 4.42 Å². The molecular formula is C32H31FN4O5S2. The molecule has 44 heavy (non-hydrogen) atoms. The second-order valence-corrected chi connectivity index (χ2v) is 14.1. The number of thiazole rings is 1. The van der Waals surface area contributed by atoms with E-state index in [1.807, 2.05) is 27.7 Å². The summed E-state index contributed by atoms with van der Waals surface area (Å²) in [5.41, 5.74) is 0.769. The van der Waals surface area contributed by atoms with Crippen LogP contribution in [0.15, 0.2) is 92.2 Å². The summed E-state index contributed by atoms with van der Waals surface area (Å²) in [7, 11) is -3.81. The first-order valence-corrected chi connectivity index (χ1v) is 16.2. The zero-order valence-corrected chi connectivity index (χ0v) is 26.2. The van der Waals surface area contributed by atoms with Gasteiger partial charge in [0.25, 0.3) is 5.91 Å². The van der Waals surface area contributed by atoms with E-state index in [0.717, 1.165) is 16.3 Å². The van der Waals surface area contributed by atoms with Crippen molar-refractivity contribution in [2.45, 2.75) is 32.6 Å². The van der Waals surface area contributed by atoms with E-state index in [9.17, 15) is 22.4 Å². The average molecular weight is 635 g/mol. The molecular weight excluding hydrogens is 604 g/mol. The number of amides is 1. The molecule has 0 saturated carbocycles. The molecule has 0 N–H and O–H groups in total. The van der Waals surface area contributed by atoms with Crippen LogP contribution in [0.4, 0.5) is 9.52 Å². The van der Waals surface area contributed by atoms with E-state index < -0.39 is 21.7 Å². The quantitative estimate of drug-likeness (QED) is 0.128. The molecule has 228 valence electrons. The number of halogens is 1. The van der Waals surface area contributed by atoms with Crippen LogP contribution >= 0.6 is 11.3 Å². The Morgan fingerprint density at radius 1 is 1.02 bits per heavy atom. The second-order valence-electron chi connectivity index (χ2n) is 11.1. The Bertz CT molecular complexity index is 2010. The van der Waals surface area contributed by atoms with Gasteiger partial charge in [-0.2, -0.15) is 14.4 Å². The summed E-state index contributed by atoms with van der Waals surface area (Å²) in [6, 6.07) is 16.4. The van der Waals surface area contributed by atoms with Crippen molar-refractivity contribution >= 4 is 59.8 Å². The summed E-state index contributed by atoms with van der Waals surface area (Å²) in [6.45, 7) is 8.56. The fourth-order valence-electron chi connectivity index (χ4n) is 4.59. The molecule has 0 atom stereocenters. The molecule has 12 heteroatoms. The van der Waals surface area contributed by atoms with Gasteiger partial charge in [-0.15, -0.1) is 0 Å². The predicted molar refractivity (Wildman–Crippen MR) is 171 cm³/mol. The molecule has 0 fully saturated rings. The summed E-state index contributed by atoms with van der Waals surface area (Å²) in [6.07, 6.45) is 2.46. The lowest BCUT2D eigenvalue weighted by atomic mass is 10.2. The fourth-order valence-corrected chi connectivity index (χ4v) is 7.31. The summed E-state index contributed by atoms with van der Waals surface area (Å²) in [5, 5.41) is 5.81. The van der Waals surface area contributed by atoms with Gasteiger partial charge in [0.2, 0.25) is 20.6 Å². The summed E-state index contributed by atoms with van der Waals surface area (Å²) in [4.78, 5) is 31.4. The first kappa shape index (κ1) is 31.2. The van der Waals surface area contributed by atoms with Crippen molar-refractivity contribution in [3.63, 3.8) is 0 Å². The van der Waals surface area contributed by atoms with Crippen LogP contribution in [0.1, 0.15) is 43.6 Å². The highest BCUT2D eigenvalue weighted by Crippen LogP contribution is 2.31. The third kappa shape index (κ3) is 6.62. The van der Waals surface area contributed by atoms with Crippen LogP contribution in [-0.2, 0) is 10.0 Å². The number of aromatic nitrogens is 1. The summed E-state index contributed by atoms with van der Waals surface area (Å²) in [5.74, 6) is -0.828. The normalized spacial score (nSPS) is 12.4. The zero-order chi connectivity index (χ0) is 31.6. The van der Waals surface area contributed by atoms with E-state index in [1.165, 1.54) is 59.2 Å². The van der Waals surface area contributed by atoms with Gasteiger partial charge in [-0.25, -0.2) is 17.8 Å². The standard InChI is InChI=1S/C32H31FN4O5S2/c1-20(2)17-36(18-21(3)4)44(40,41)25-12-9-22(10-13-25)31(39)37(32-35-27-14-11-24(33)15-29(27)43-32)34-16-23-19-42-28-8-6-5-7-26(28)30(23)38/h5-16,19-21H,17-18H2,1-4H3/b34-16+. The Kier molecular flexibility index (Phi) is 9.05. The highest BCUT2D eigenvalue weighted by atomic mass is 32.2. The van der Waals surface area contributed by atoms with Crippen molar-refractivity contribution in [2.75, 3.05) is 18.1 Å². The van der Waals surface area contributed by atoms with Crippen LogP contribution in [0.5, 0.6) is 0 Å². The molecule has 1 amide bonds. The first-order chi connectivity index (χ1) is 20.9. The van der Waals surface area contributed by atoms with Gasteiger partial charge in [0.05, 0.1) is 32.3 Å². The van der Waals surface area contributed by atoms with E-state index >= 15 is 0 Å². The van der Waals surface area contributed by atoms with Gasteiger partial charge in [-0.05, 0) is 66.4 Å². The number of sulfonamides is 1. The van der Waals surface area contributed by atoms with Crippen molar-refractivity contribution in [2.24, 2.45) is 16.9 Å². The number of fused-ring (bicyclic) bond motifs is 2. The molecule has 0 radical (unpaired) electrons. The number of benzene rings is 3. The smallest absolute Gasteiger partial charge is 0.280 e. The van der Waals surface area contributed by atoms with Crippen LogP contribution in [-0.4, -0.2) is 42.9 Å². The Balaban J connectivity index is 1.52. The van der Waals surface area contributed by atoms with Gasteiger partial charge >= 0.3 is 0 Å². The van der Waals surface area contributed by atoms with E-state index in [1.54, 1.807) is 24.3 Å². The van der Waals surface area contributed by atoms with Crippen molar-refractivity contribution in [1.29, 1.82) is 0 Å². The van der Waals surface area contributed by atoms with Gasteiger partial charge in [-0.3, -0.25) is 9.59 Å². The molecule has 0 bridgehead atoms. The number of anilines is 1. The van der Waals surface area contributed by atoms with Gasteiger partial charge in [0.1, 0.15) is 17.7 Å². The minimum atomic E-state index is -3.81. The van der Waals surface area contributed by atoms with Crippen LogP contribution in [0.25, 0.3) is 21.2 Å². The molecule has 2 heterocycles. The number of hydrogen-bond acceptors (Lipinski definition) is 8. The Morgan fingerprint density at radius 2 is 1.70 bits per heavy atom. The topological polar surface area (TPSA) is 113 Å². The molecule has 0 saturated heterocycles. The molecule has 9 nitrogen and oxygen atoms in total. The van der Waals surface area contributed by atoms with Crippen LogP contribution in [0, 0.1) is 17.7 Å². The maximum absolute atomic E-state index is 13.9. The third-order valence-electron chi connectivity index (χ3n) is 6.61. The fraction of sp³-hybridized carbons (Fsp3) is 0.250. The number of para-hydroxylation sites is 1. The molecule has 0 aliphatic heterocycles. The van der Waals surface area contributed by atoms with Crippen LogP contribution < -0.4 is 10.4 Å². The SMILES string of the molecule is CC(C)CN(CC(C)C)S(=O)(=O)c1ccc(C(=O)N(/N=C/c2coc3ccccc3c2=O)c2nc3ccc(F)cc3s2)cc1. The summed E-state index contributed by atoms with van der Waals surface area (Å²) < 4.78 is 48.4. The molecule has 2 aromatic heterocycles. The lowest BCUT2D eigenvalue weighted by Crippen LogP contribution is -2.37. The largest absolute Gasteiger partial charge is 0.463 e. The first-order valence-electron chi connectivity index (χ1n) is 14.0. The number of hydrazone groups is 1. The van der Waals surface area contributed by atoms with Gasteiger partial charge in [-0.1, -0.05) is 51.2 Å². The van der Waals surface area contributed by atoms with E-state index in [0.29, 0.717) is 34.3 Å². The Hall–Kier alpha value is -4.26. The minimum absolute atomic E-state index is 0.0645. The van der Waals surface area contributed by atoms with Gasteiger partial charge < -0.3 is 4.42 Å². The molecule has 0 spiro atoms. The molecule has 0 unspecified atom stereocenters. The molecule has 0 aliphatic rings. The number of carbonyl (C=O) groups is 1. The monoisotopic (exact) mass is 634 g/mol. The lowest BCUT2D eigenvalue weighted by molar-refractivity contribution is 0.0987. The minimum Gasteiger partial charge on any atom is -0.463 e. The van der Waals surface area contributed by atoms with Crippen LogP contribution in [0.3, 0.4) is 0 Å². The predicted octanol–water partition coefficient (Wildman–Crippen LogP) is 6.53. The van der Waals surface area contributed by atoms with Crippen molar-refractivity contribution in [3.8, 4) is 0 Å². The number of nitrogens with zero attached hydrogens (tertiary/aromatic N) is 4. The van der Waals surface area contributed by atoms with Gasteiger partial charge in [0.15, 0.2) is 0 Å². The second kappa shape index (κ2) is 12.8. The molecule has 0 aliphatic carbocycles. The maximum atomic E-state index is 13.9. The van der Waals surface area contributed by atoms with E-state index in [-0.39, 0.29) is 38.4 Å². The number of carbonyl (C=O) groups excluding carboxylic acids is 1. The van der Waals surface area contributed by atoms with E-state index in [2.05, 4.69) is 10.1 Å². The molecule has 3 aromatic carbocycles. The van der Waals surface area contributed by atoms with Gasteiger partial charge in [0, 0.05) is 18.7 Å². The zero-order valence-electron chi connectivity index (χ0n) is 24.6. The molecule has 5 aromatic rings. The van der Waals surface area contributed by atoms with Crippen molar-refractivity contribution in [1.82, 2.24) is 9.29 Å². The lowest BCUT2D eigenvalue weighted by Gasteiger charge is -2.25. The average Bonchev–Trinajstić information content (AvgIpc) is 3.40. The summed E-state index contributed by atoms with van der Waals surface area (Å²) >= 11 is 1.04. The number of rotatable bonds is 10.